The molecule has 0 spiro atoms. The molecule has 190 valence electrons. The Kier molecular flexibility index (Phi) is 7.30. The van der Waals surface area contributed by atoms with Gasteiger partial charge in [-0.05, 0) is 0 Å². The molecule has 1 aliphatic heterocycles. The Hall–Kier alpha value is -1.89. The molecule has 6 atom stereocenters. The van der Waals surface area contributed by atoms with E-state index in [1.165, 1.54) is 0 Å². The summed E-state index contributed by atoms with van der Waals surface area (Å²) in [6, 6.07) is 0. The number of nitrogens with two attached hydrogens (primary N) is 2. The molecule has 0 bridgehead atoms. The summed E-state index contributed by atoms with van der Waals surface area (Å²) in [5, 5.41) is 28.2. The number of phosphoric ester groups is 1. The number of aliphatic hydroxyl groups excluding tert-OH is 2. The number of nitrogen functional groups attached to an aromatic ring is 2. The average molecular weight is 549 g/mol. The number of aromatic nitrogens is 4. The summed E-state index contributed by atoms with van der Waals surface area (Å²) >= 11 is 0. The highest BCUT2D eigenvalue weighted by atomic mass is 31.3. The van der Waals surface area contributed by atoms with Gasteiger partial charge in [-0.1, -0.05) is 0 Å². The minimum absolute atomic E-state index is 0.00879. The number of nitrogens with zero attached hydrogens (tertiary/aromatic N) is 4. The molecule has 20 nitrogen and oxygen atoms in total. The van der Waals surface area contributed by atoms with Crippen LogP contribution in [0, 0.1) is 5.41 Å². The normalized spacial score (nSPS) is 26.9. The molecule has 1 aliphatic rings. The van der Waals surface area contributed by atoms with Crippen molar-refractivity contribution in [1.29, 1.82) is 5.41 Å². The van der Waals surface area contributed by atoms with Gasteiger partial charge in [0.1, 0.15) is 29.3 Å². The second kappa shape index (κ2) is 9.29. The number of phosphoric acid groups is 3. The molecule has 1 fully saturated rings. The van der Waals surface area contributed by atoms with E-state index in [-0.39, 0.29) is 22.7 Å². The fourth-order valence-electron chi connectivity index (χ4n) is 2.92. The summed E-state index contributed by atoms with van der Waals surface area (Å²) in [6.07, 6.45) is -5.34. The quantitative estimate of drug-likeness (QED) is 0.153. The van der Waals surface area contributed by atoms with E-state index in [0.29, 0.717) is 0 Å². The molecule has 2 aromatic rings. The molecule has 11 N–H and O–H groups in total. The van der Waals surface area contributed by atoms with E-state index in [1.807, 2.05) is 0 Å². The van der Waals surface area contributed by atoms with E-state index in [0.717, 1.165) is 10.9 Å². The van der Waals surface area contributed by atoms with Crippen molar-refractivity contribution in [2.45, 2.75) is 24.5 Å². The minimum atomic E-state index is -5.74. The third-order valence-corrected chi connectivity index (χ3v) is 7.96. The summed E-state index contributed by atoms with van der Waals surface area (Å²) in [5.74, 6) is -0.496. The second-order valence-corrected chi connectivity index (χ2v) is 11.0. The first-order valence-electron chi connectivity index (χ1n) is 8.64. The highest BCUT2D eigenvalue weighted by molar-refractivity contribution is 7.66. The van der Waals surface area contributed by atoms with Gasteiger partial charge in [-0.15, -0.1) is 0 Å². The molecule has 23 heteroatoms. The van der Waals surface area contributed by atoms with E-state index < -0.39 is 60.2 Å². The van der Waals surface area contributed by atoms with Crippen LogP contribution in [0.1, 0.15) is 6.23 Å². The lowest BCUT2D eigenvalue weighted by atomic mass is 10.1. The molecule has 3 rings (SSSR count). The second-order valence-electron chi connectivity index (χ2n) is 6.60. The maximum absolute atomic E-state index is 11.9. The van der Waals surface area contributed by atoms with Crippen LogP contribution in [0.4, 0.5) is 11.6 Å². The molecule has 0 aliphatic carbocycles. The maximum Gasteiger partial charge on any atom is 0.490 e. The van der Waals surface area contributed by atoms with Crippen molar-refractivity contribution in [3.8, 4) is 0 Å². The Bertz CT molecular complexity index is 1300. The van der Waals surface area contributed by atoms with Crippen molar-refractivity contribution in [1.82, 2.24) is 19.5 Å². The smallest absolute Gasteiger partial charge is 0.387 e. The van der Waals surface area contributed by atoms with Crippen LogP contribution in [-0.2, 0) is 31.6 Å². The summed E-state index contributed by atoms with van der Waals surface area (Å²) in [6.45, 7) is -1.02. The van der Waals surface area contributed by atoms with Gasteiger partial charge in [-0.3, -0.25) is 14.5 Å². The van der Waals surface area contributed by atoms with Crippen LogP contribution in [0.5, 0.6) is 0 Å². The number of nitrogens with one attached hydrogen (secondary N) is 1. The highest BCUT2D eigenvalue weighted by Crippen LogP contribution is 2.66. The lowest BCUT2D eigenvalue weighted by molar-refractivity contribution is -0.0500. The fourth-order valence-corrected chi connectivity index (χ4v) is 5.95. The van der Waals surface area contributed by atoms with Crippen molar-refractivity contribution in [2.24, 2.45) is 0 Å². The van der Waals surface area contributed by atoms with Gasteiger partial charge in [0.05, 0.1) is 12.9 Å². The number of hydrogen-bond donors (Lipinski definition) is 9. The zero-order chi connectivity index (χ0) is 25.6. The molecular formula is C11H18N7O13P3. The number of imidazole rings is 1. The summed E-state index contributed by atoms with van der Waals surface area (Å²) in [7, 11) is -16.8. The molecule has 0 aromatic carbocycles. The Balaban J connectivity index is 1.79. The van der Waals surface area contributed by atoms with Gasteiger partial charge >= 0.3 is 23.5 Å². The van der Waals surface area contributed by atoms with Gasteiger partial charge < -0.3 is 46.0 Å². The van der Waals surface area contributed by atoms with Crippen molar-refractivity contribution in [3.63, 3.8) is 0 Å². The third-order valence-electron chi connectivity index (χ3n) is 4.16. The zero-order valence-electron chi connectivity index (χ0n) is 16.4. The first-order chi connectivity index (χ1) is 15.5. The Labute approximate surface area is 187 Å². The van der Waals surface area contributed by atoms with Crippen LogP contribution >= 0.6 is 23.5 Å². The number of fused-ring (bicyclic) bond motifs is 1. The highest BCUT2D eigenvalue weighted by Gasteiger charge is 2.47. The van der Waals surface area contributed by atoms with Crippen molar-refractivity contribution < 1.29 is 61.4 Å². The van der Waals surface area contributed by atoms with E-state index >= 15 is 0 Å². The number of rotatable bonds is 8. The topological polar surface area (TPSA) is 329 Å². The predicted octanol–water partition coefficient (Wildman–Crippen LogP) is -2.57. The van der Waals surface area contributed by atoms with Crippen molar-refractivity contribution in [3.05, 3.63) is 11.9 Å². The Morgan fingerprint density at radius 1 is 1.03 bits per heavy atom. The van der Waals surface area contributed by atoms with Crippen molar-refractivity contribution >= 4 is 46.1 Å². The first-order valence-corrected chi connectivity index (χ1v) is 13.2. The molecule has 0 radical (unpaired) electrons. The Morgan fingerprint density at radius 3 is 2.26 bits per heavy atom. The number of hydrogen-bond acceptors (Lipinski definition) is 15. The monoisotopic (exact) mass is 549 g/mol. The van der Waals surface area contributed by atoms with Gasteiger partial charge in [-0.2, -0.15) is 18.6 Å². The standard InChI is InChI=1S/C11H18N7O13P3/c12-8-4-5(9(13)17-11(14)16-8)18(2-15-4)10-7(20)6(19)3(29-10)1-28-33(24,25)31-34(26,27)30-32(21,22)23/h2-3,6-7,10,19-20H,1H2,(H,24,25)(H,26,27)(H2,21,22,23)(H5,12,13,14,16,17)/t3-,6?,7?,10-/m1/s1. The Morgan fingerprint density at radius 2 is 1.65 bits per heavy atom. The lowest BCUT2D eigenvalue weighted by Crippen LogP contribution is -2.33. The predicted molar refractivity (Wildman–Crippen MR) is 106 cm³/mol. The SMILES string of the molecule is N=c1nc(N)c2ncn([C@@H]3O[C@H](COP(=O)(O)OP(=O)(O)OP(=O)(O)O)C(O)C3O)c2c(N)n1. The van der Waals surface area contributed by atoms with Crippen LogP contribution in [0.3, 0.4) is 0 Å². The van der Waals surface area contributed by atoms with Gasteiger partial charge in [0, 0.05) is 0 Å². The summed E-state index contributed by atoms with van der Waals surface area (Å²) in [4.78, 5) is 47.0. The van der Waals surface area contributed by atoms with Gasteiger partial charge in [0.15, 0.2) is 17.9 Å². The summed E-state index contributed by atoms with van der Waals surface area (Å²) in [5.41, 5.74) is 11.0. The molecule has 0 amide bonds. The van der Waals surface area contributed by atoms with E-state index in [2.05, 4.69) is 28.1 Å². The molecule has 34 heavy (non-hydrogen) atoms. The maximum atomic E-state index is 11.9. The minimum Gasteiger partial charge on any atom is -0.387 e. The van der Waals surface area contributed by atoms with Gasteiger partial charge in [-0.25, -0.2) is 18.7 Å². The van der Waals surface area contributed by atoms with E-state index in [1.54, 1.807) is 0 Å². The molecular weight excluding hydrogens is 531 g/mol. The zero-order valence-corrected chi connectivity index (χ0v) is 19.1. The molecule has 2 aromatic heterocycles. The van der Waals surface area contributed by atoms with Gasteiger partial charge in [0.2, 0.25) is 5.62 Å². The van der Waals surface area contributed by atoms with Crippen LogP contribution in [0.25, 0.3) is 11.0 Å². The summed E-state index contributed by atoms with van der Waals surface area (Å²) < 4.78 is 52.0. The first kappa shape index (κ1) is 26.7. The third kappa shape index (κ3) is 6.02. The van der Waals surface area contributed by atoms with E-state index in [4.69, 9.17) is 36.3 Å². The molecule has 4 unspecified atom stereocenters. The van der Waals surface area contributed by atoms with Crippen molar-refractivity contribution in [2.75, 3.05) is 18.1 Å². The number of anilines is 2. The molecule has 3 heterocycles. The van der Waals surface area contributed by atoms with Crippen LogP contribution in [-0.4, -0.2) is 74.2 Å². The molecule has 0 saturated carbocycles. The van der Waals surface area contributed by atoms with E-state index in [9.17, 15) is 28.8 Å². The average Bonchev–Trinajstić information content (AvgIpc) is 3.16. The van der Waals surface area contributed by atoms with Gasteiger partial charge in [0.25, 0.3) is 0 Å². The number of aliphatic hydroxyl groups is 2. The lowest BCUT2D eigenvalue weighted by Gasteiger charge is -2.19. The number of ether oxygens (including phenoxy) is 1. The molecule has 1 saturated heterocycles. The van der Waals surface area contributed by atoms with Crippen LogP contribution in [0.15, 0.2) is 6.33 Å². The fraction of sp³-hybridized carbons (Fsp3) is 0.455. The van der Waals surface area contributed by atoms with Crippen LogP contribution in [0.2, 0.25) is 0 Å². The largest absolute Gasteiger partial charge is 0.490 e. The van der Waals surface area contributed by atoms with Crippen LogP contribution < -0.4 is 17.1 Å².